The van der Waals surface area contributed by atoms with Gasteiger partial charge in [0.25, 0.3) is 0 Å². The van der Waals surface area contributed by atoms with E-state index < -0.39 is 0 Å². The van der Waals surface area contributed by atoms with Crippen molar-refractivity contribution in [3.63, 3.8) is 0 Å². The Kier molecular flexibility index (Phi) is 4.85. The molecule has 0 aromatic heterocycles. The van der Waals surface area contributed by atoms with Crippen LogP contribution in [0.3, 0.4) is 0 Å². The van der Waals surface area contributed by atoms with Crippen LogP contribution in [-0.2, 0) is 5.41 Å². The lowest BCUT2D eigenvalue weighted by Gasteiger charge is -2.26. The fourth-order valence-corrected chi connectivity index (χ4v) is 3.25. The average molecular weight is 256 g/mol. The molecule has 0 nitrogen and oxygen atoms in total. The lowest BCUT2D eigenvalue weighted by molar-refractivity contribution is 0.442. The Bertz CT molecular complexity index is 391. The summed E-state index contributed by atoms with van der Waals surface area (Å²) in [5.41, 5.74) is 3.29. The first-order valence-electron chi connectivity index (χ1n) is 7.85. The molecule has 1 aliphatic rings. The Balaban J connectivity index is 2.06. The summed E-state index contributed by atoms with van der Waals surface area (Å²) >= 11 is 0. The third kappa shape index (κ3) is 3.72. The molecule has 0 heteroatoms. The Morgan fingerprint density at radius 2 is 1.74 bits per heavy atom. The molecule has 0 spiro atoms. The van der Waals surface area contributed by atoms with Crippen molar-refractivity contribution in [2.24, 2.45) is 0 Å². The van der Waals surface area contributed by atoms with E-state index in [0.29, 0.717) is 0 Å². The summed E-state index contributed by atoms with van der Waals surface area (Å²) in [6.45, 7) is 8.51. The Hall–Kier alpha value is -1.04. The van der Waals surface area contributed by atoms with Crippen molar-refractivity contribution >= 4 is 0 Å². The van der Waals surface area contributed by atoms with Crippen molar-refractivity contribution in [2.45, 2.75) is 70.1 Å². The summed E-state index contributed by atoms with van der Waals surface area (Å²) in [7, 11) is 0. The molecule has 1 aromatic carbocycles. The van der Waals surface area contributed by atoms with Crippen LogP contribution in [0.4, 0.5) is 0 Å². The maximum absolute atomic E-state index is 3.83. The molecule has 0 radical (unpaired) electrons. The van der Waals surface area contributed by atoms with Crippen molar-refractivity contribution in [3.05, 3.63) is 48.0 Å². The van der Waals surface area contributed by atoms with Crippen LogP contribution in [-0.4, -0.2) is 0 Å². The molecule has 104 valence electrons. The minimum Gasteiger partial charge on any atom is -0.103 e. The number of hydrogen-bond acceptors (Lipinski definition) is 0. The van der Waals surface area contributed by atoms with Crippen molar-refractivity contribution < 1.29 is 0 Å². The molecule has 0 heterocycles. The topological polar surface area (TPSA) is 0 Å². The van der Waals surface area contributed by atoms with E-state index >= 15 is 0 Å². The van der Waals surface area contributed by atoms with Gasteiger partial charge in [0.2, 0.25) is 0 Å². The zero-order chi connectivity index (χ0) is 13.7. The van der Waals surface area contributed by atoms with Crippen molar-refractivity contribution in [1.29, 1.82) is 0 Å². The van der Waals surface area contributed by atoms with E-state index in [0.717, 1.165) is 12.3 Å². The summed E-state index contributed by atoms with van der Waals surface area (Å²) in [5.74, 6) is 0.819. The van der Waals surface area contributed by atoms with Crippen molar-refractivity contribution in [2.75, 3.05) is 0 Å². The van der Waals surface area contributed by atoms with Crippen LogP contribution in [0.25, 0.3) is 0 Å². The normalized spacial score (nSPS) is 17.4. The Labute approximate surface area is 118 Å². The lowest BCUT2D eigenvalue weighted by Crippen LogP contribution is -2.16. The van der Waals surface area contributed by atoms with Crippen LogP contribution in [0.1, 0.15) is 75.8 Å². The van der Waals surface area contributed by atoms with E-state index in [1.807, 2.05) is 6.08 Å². The van der Waals surface area contributed by atoms with Crippen molar-refractivity contribution in [3.8, 4) is 0 Å². The molecular formula is C19H28. The van der Waals surface area contributed by atoms with Gasteiger partial charge in [-0.05, 0) is 48.1 Å². The van der Waals surface area contributed by atoms with Gasteiger partial charge in [0.1, 0.15) is 0 Å². The van der Waals surface area contributed by atoms with Crippen LogP contribution in [0.15, 0.2) is 36.9 Å². The summed E-state index contributed by atoms with van der Waals surface area (Å²) in [6, 6.07) is 9.46. The minimum absolute atomic E-state index is 0.263. The molecule has 1 aliphatic carbocycles. The molecule has 1 saturated carbocycles. The van der Waals surface area contributed by atoms with Gasteiger partial charge in [0, 0.05) is 0 Å². The maximum atomic E-state index is 3.83. The lowest BCUT2D eigenvalue weighted by atomic mass is 9.78. The van der Waals surface area contributed by atoms with E-state index in [2.05, 4.69) is 44.7 Å². The first-order chi connectivity index (χ1) is 9.13. The first kappa shape index (κ1) is 14.4. The summed E-state index contributed by atoms with van der Waals surface area (Å²) in [5, 5.41) is 0. The highest BCUT2D eigenvalue weighted by atomic mass is 14.3. The van der Waals surface area contributed by atoms with E-state index in [4.69, 9.17) is 0 Å². The highest BCUT2D eigenvalue weighted by Crippen LogP contribution is 2.34. The second-order valence-electron chi connectivity index (χ2n) is 6.67. The van der Waals surface area contributed by atoms with Crippen LogP contribution in [0.5, 0.6) is 0 Å². The molecule has 1 fully saturated rings. The third-order valence-corrected chi connectivity index (χ3v) is 4.74. The largest absolute Gasteiger partial charge is 0.103 e. The zero-order valence-corrected chi connectivity index (χ0v) is 12.6. The molecule has 1 aromatic rings. The number of rotatable bonds is 5. The average Bonchev–Trinajstić information content (AvgIpc) is 2.46. The number of allylic oxidation sites excluding steroid dienone is 1. The molecule has 19 heavy (non-hydrogen) atoms. The van der Waals surface area contributed by atoms with Gasteiger partial charge in [0.15, 0.2) is 0 Å². The third-order valence-electron chi connectivity index (χ3n) is 4.74. The van der Waals surface area contributed by atoms with Gasteiger partial charge >= 0.3 is 0 Å². The highest BCUT2D eigenvalue weighted by molar-refractivity contribution is 5.30. The molecule has 0 aliphatic heterocycles. The van der Waals surface area contributed by atoms with Gasteiger partial charge in [-0.1, -0.05) is 63.5 Å². The maximum Gasteiger partial charge on any atom is -0.0101 e. The van der Waals surface area contributed by atoms with E-state index in [9.17, 15) is 0 Å². The van der Waals surface area contributed by atoms with Gasteiger partial charge in [-0.15, -0.1) is 6.58 Å². The molecule has 0 bridgehead atoms. The molecule has 0 saturated heterocycles. The van der Waals surface area contributed by atoms with E-state index in [-0.39, 0.29) is 5.41 Å². The monoisotopic (exact) mass is 256 g/mol. The highest BCUT2D eigenvalue weighted by Gasteiger charge is 2.20. The van der Waals surface area contributed by atoms with Crippen LogP contribution < -0.4 is 0 Å². The Morgan fingerprint density at radius 3 is 2.32 bits per heavy atom. The fourth-order valence-electron chi connectivity index (χ4n) is 3.25. The fraction of sp³-hybridized carbons (Fsp3) is 0.579. The molecule has 0 unspecified atom stereocenters. The predicted molar refractivity (Wildman–Crippen MR) is 84.7 cm³/mol. The SMILES string of the molecule is C=CCCC(C)(C)c1ccc(C2CCCCC2)cc1. The van der Waals surface area contributed by atoms with Crippen LogP contribution in [0.2, 0.25) is 0 Å². The number of benzene rings is 1. The molecule has 0 N–H and O–H groups in total. The molecule has 0 amide bonds. The summed E-state index contributed by atoms with van der Waals surface area (Å²) in [6.07, 6.45) is 11.3. The van der Waals surface area contributed by atoms with Gasteiger partial charge < -0.3 is 0 Å². The zero-order valence-electron chi connectivity index (χ0n) is 12.6. The molecule has 0 atom stereocenters. The van der Waals surface area contributed by atoms with Gasteiger partial charge in [-0.2, -0.15) is 0 Å². The van der Waals surface area contributed by atoms with Crippen molar-refractivity contribution in [1.82, 2.24) is 0 Å². The van der Waals surface area contributed by atoms with Crippen LogP contribution >= 0.6 is 0 Å². The second kappa shape index (κ2) is 6.41. The van der Waals surface area contributed by atoms with Gasteiger partial charge in [-0.3, -0.25) is 0 Å². The van der Waals surface area contributed by atoms with E-state index in [1.54, 1.807) is 5.56 Å². The predicted octanol–water partition coefficient (Wildman–Crippen LogP) is 5.98. The van der Waals surface area contributed by atoms with Gasteiger partial charge in [0.05, 0.1) is 0 Å². The molecule has 2 rings (SSSR count). The van der Waals surface area contributed by atoms with Crippen LogP contribution in [0, 0.1) is 0 Å². The standard InChI is InChI=1S/C19H28/c1-4-5-15-19(2,3)18-13-11-17(12-14-18)16-9-7-6-8-10-16/h4,11-14,16H,1,5-10,15H2,2-3H3. The Morgan fingerprint density at radius 1 is 1.11 bits per heavy atom. The van der Waals surface area contributed by atoms with E-state index in [1.165, 1.54) is 44.1 Å². The first-order valence-corrected chi connectivity index (χ1v) is 7.85. The van der Waals surface area contributed by atoms with Gasteiger partial charge in [-0.25, -0.2) is 0 Å². The smallest absolute Gasteiger partial charge is 0.0101 e. The molecular weight excluding hydrogens is 228 g/mol. The minimum atomic E-state index is 0.263. The quantitative estimate of drug-likeness (QED) is 0.569. The second-order valence-corrected chi connectivity index (χ2v) is 6.67. The summed E-state index contributed by atoms with van der Waals surface area (Å²) in [4.78, 5) is 0. The summed E-state index contributed by atoms with van der Waals surface area (Å²) < 4.78 is 0. The number of hydrogen-bond donors (Lipinski definition) is 0.